The van der Waals surface area contributed by atoms with Crippen molar-refractivity contribution < 1.29 is 0 Å². The number of benzene rings is 1. The maximum absolute atomic E-state index is 13.0. The van der Waals surface area contributed by atoms with Crippen LogP contribution in [0.5, 0.6) is 0 Å². The summed E-state index contributed by atoms with van der Waals surface area (Å²) in [5.41, 5.74) is 4.33. The van der Waals surface area contributed by atoms with E-state index in [9.17, 15) is 4.79 Å². The lowest BCUT2D eigenvalue weighted by Gasteiger charge is -2.05. The minimum absolute atomic E-state index is 0.0767. The Morgan fingerprint density at radius 3 is 2.64 bits per heavy atom. The number of hydrogen-bond donors (Lipinski definition) is 0. The predicted octanol–water partition coefficient (Wildman–Crippen LogP) is 3.19. The molecule has 1 aromatic carbocycles. The van der Waals surface area contributed by atoms with Crippen molar-refractivity contribution in [1.82, 2.24) is 24.1 Å². The highest BCUT2D eigenvalue weighted by Crippen LogP contribution is 2.33. The van der Waals surface area contributed by atoms with Crippen LogP contribution >= 0.6 is 11.3 Å². The van der Waals surface area contributed by atoms with E-state index < -0.39 is 0 Å². The van der Waals surface area contributed by atoms with E-state index in [0.29, 0.717) is 10.2 Å². The molecule has 0 aliphatic rings. The van der Waals surface area contributed by atoms with E-state index in [1.807, 2.05) is 42.8 Å². The molecule has 6 nitrogen and oxygen atoms in total. The van der Waals surface area contributed by atoms with Crippen molar-refractivity contribution in [2.45, 2.75) is 6.92 Å². The SMILES string of the molecule is Cc1ccc(-n2cnc3c(sc4ncc5ncn(C)c5c43)c2=O)cc1. The molecule has 25 heavy (non-hydrogen) atoms. The first kappa shape index (κ1) is 14.3. The zero-order valence-corrected chi connectivity index (χ0v) is 14.4. The molecule has 0 saturated carbocycles. The van der Waals surface area contributed by atoms with Gasteiger partial charge in [0, 0.05) is 7.05 Å². The maximum Gasteiger partial charge on any atom is 0.275 e. The van der Waals surface area contributed by atoms with Gasteiger partial charge in [0.15, 0.2) is 0 Å². The van der Waals surface area contributed by atoms with E-state index >= 15 is 0 Å². The van der Waals surface area contributed by atoms with Gasteiger partial charge in [-0.1, -0.05) is 17.7 Å². The minimum Gasteiger partial charge on any atom is -0.333 e. The van der Waals surface area contributed by atoms with Crippen molar-refractivity contribution in [3.8, 4) is 5.69 Å². The molecule has 0 N–H and O–H groups in total. The molecular formula is C18H13N5OS. The van der Waals surface area contributed by atoms with E-state index in [2.05, 4.69) is 15.0 Å². The number of fused-ring (bicyclic) bond motifs is 5. The Labute approximate surface area is 146 Å². The van der Waals surface area contributed by atoms with Gasteiger partial charge >= 0.3 is 0 Å². The number of imidazole rings is 1. The van der Waals surface area contributed by atoms with E-state index in [1.54, 1.807) is 23.4 Å². The molecule has 0 atom stereocenters. The quantitative estimate of drug-likeness (QED) is 0.467. The van der Waals surface area contributed by atoms with Gasteiger partial charge in [0.05, 0.1) is 29.1 Å². The van der Waals surface area contributed by atoms with Crippen molar-refractivity contribution >= 4 is 42.8 Å². The monoisotopic (exact) mass is 347 g/mol. The van der Waals surface area contributed by atoms with Crippen molar-refractivity contribution in [2.75, 3.05) is 0 Å². The van der Waals surface area contributed by atoms with Gasteiger partial charge in [0.1, 0.15) is 26.9 Å². The predicted molar refractivity (Wildman–Crippen MR) is 99.5 cm³/mol. The van der Waals surface area contributed by atoms with E-state index in [1.165, 1.54) is 11.3 Å². The smallest absolute Gasteiger partial charge is 0.275 e. The van der Waals surface area contributed by atoms with Gasteiger partial charge in [-0.2, -0.15) is 0 Å². The normalized spacial score (nSPS) is 11.8. The highest BCUT2D eigenvalue weighted by Gasteiger charge is 2.17. The van der Waals surface area contributed by atoms with Crippen LogP contribution < -0.4 is 5.56 Å². The number of aromatic nitrogens is 5. The number of hydrogen-bond acceptors (Lipinski definition) is 5. The Kier molecular flexibility index (Phi) is 2.84. The van der Waals surface area contributed by atoms with Gasteiger partial charge in [0.2, 0.25) is 0 Å². The summed E-state index contributed by atoms with van der Waals surface area (Å²) >= 11 is 1.38. The molecule has 0 radical (unpaired) electrons. The minimum atomic E-state index is -0.0767. The molecule has 0 aliphatic heterocycles. The molecule has 4 heterocycles. The standard InChI is InChI=1S/C18H13N5OS/c1-10-3-5-11(6-4-10)23-9-21-14-13-15-12(20-8-22(15)2)7-19-17(13)25-16(14)18(23)24/h3-9H,1-2H3. The Morgan fingerprint density at radius 1 is 1.04 bits per heavy atom. The zero-order chi connectivity index (χ0) is 17.1. The second-order valence-electron chi connectivity index (χ2n) is 6.06. The van der Waals surface area contributed by atoms with E-state index in [0.717, 1.165) is 32.5 Å². The fourth-order valence-electron chi connectivity index (χ4n) is 3.12. The molecular weight excluding hydrogens is 334 g/mol. The number of aryl methyl sites for hydroxylation is 2. The van der Waals surface area contributed by atoms with Gasteiger partial charge in [0.25, 0.3) is 5.56 Å². The van der Waals surface area contributed by atoms with Gasteiger partial charge < -0.3 is 4.57 Å². The Hall–Kier alpha value is -3.06. The third kappa shape index (κ3) is 1.96. The van der Waals surface area contributed by atoms with E-state index in [-0.39, 0.29) is 5.56 Å². The molecule has 0 bridgehead atoms. The van der Waals surface area contributed by atoms with Crippen molar-refractivity contribution in [3.63, 3.8) is 0 Å². The summed E-state index contributed by atoms with van der Waals surface area (Å²) in [7, 11) is 1.94. The summed E-state index contributed by atoms with van der Waals surface area (Å²) in [4.78, 5) is 27.2. The maximum atomic E-state index is 13.0. The second kappa shape index (κ2) is 4.97. The zero-order valence-electron chi connectivity index (χ0n) is 13.6. The van der Waals surface area contributed by atoms with Gasteiger partial charge in [-0.25, -0.2) is 15.0 Å². The molecule has 4 aromatic heterocycles. The number of rotatable bonds is 1. The van der Waals surface area contributed by atoms with Crippen LogP contribution in [-0.2, 0) is 7.05 Å². The number of thiophene rings is 1. The lowest BCUT2D eigenvalue weighted by Crippen LogP contribution is -2.17. The highest BCUT2D eigenvalue weighted by molar-refractivity contribution is 7.25. The first-order valence-electron chi connectivity index (χ1n) is 7.80. The summed E-state index contributed by atoms with van der Waals surface area (Å²) < 4.78 is 4.13. The van der Waals surface area contributed by atoms with Crippen molar-refractivity contribution in [1.29, 1.82) is 0 Å². The third-order valence-electron chi connectivity index (χ3n) is 4.40. The second-order valence-corrected chi connectivity index (χ2v) is 7.06. The lowest BCUT2D eigenvalue weighted by atomic mass is 10.2. The molecule has 0 saturated heterocycles. The molecule has 0 aliphatic carbocycles. The molecule has 5 aromatic rings. The molecule has 0 spiro atoms. The van der Waals surface area contributed by atoms with Crippen molar-refractivity contribution in [3.05, 3.63) is 59.0 Å². The summed E-state index contributed by atoms with van der Waals surface area (Å²) in [5.74, 6) is 0. The van der Waals surface area contributed by atoms with Crippen LogP contribution in [0.2, 0.25) is 0 Å². The average molecular weight is 347 g/mol. The third-order valence-corrected chi connectivity index (χ3v) is 5.47. The van der Waals surface area contributed by atoms with Crippen LogP contribution in [0.3, 0.4) is 0 Å². The topological polar surface area (TPSA) is 65.6 Å². The van der Waals surface area contributed by atoms with Crippen LogP contribution in [0.25, 0.3) is 37.2 Å². The molecule has 0 unspecified atom stereocenters. The molecule has 0 amide bonds. The van der Waals surface area contributed by atoms with Gasteiger partial charge in [-0.15, -0.1) is 11.3 Å². The summed E-state index contributed by atoms with van der Waals surface area (Å²) in [6.07, 6.45) is 5.09. The van der Waals surface area contributed by atoms with Crippen LogP contribution in [0.1, 0.15) is 5.56 Å². The fourth-order valence-corrected chi connectivity index (χ4v) is 4.15. The van der Waals surface area contributed by atoms with E-state index in [4.69, 9.17) is 0 Å². The van der Waals surface area contributed by atoms with Gasteiger partial charge in [-0.05, 0) is 19.1 Å². The highest BCUT2D eigenvalue weighted by atomic mass is 32.1. The lowest BCUT2D eigenvalue weighted by molar-refractivity contribution is 0.950. The summed E-state index contributed by atoms with van der Waals surface area (Å²) in [6.45, 7) is 2.02. The molecule has 5 rings (SSSR count). The summed E-state index contributed by atoms with van der Waals surface area (Å²) in [6, 6.07) is 7.82. The largest absolute Gasteiger partial charge is 0.333 e. The van der Waals surface area contributed by atoms with Crippen LogP contribution in [0.15, 0.2) is 47.9 Å². The molecule has 0 fully saturated rings. The molecule has 7 heteroatoms. The van der Waals surface area contributed by atoms with Crippen LogP contribution in [0, 0.1) is 6.92 Å². The van der Waals surface area contributed by atoms with Crippen LogP contribution in [-0.4, -0.2) is 24.1 Å². The Morgan fingerprint density at radius 2 is 1.84 bits per heavy atom. The average Bonchev–Trinajstić information content (AvgIpc) is 3.17. The fraction of sp³-hybridized carbons (Fsp3) is 0.111. The number of pyridine rings is 1. The summed E-state index contributed by atoms with van der Waals surface area (Å²) in [5, 5.41) is 0.894. The number of nitrogens with zero attached hydrogens (tertiary/aromatic N) is 5. The Balaban J connectivity index is 1.89. The first-order valence-corrected chi connectivity index (χ1v) is 8.62. The van der Waals surface area contributed by atoms with Crippen LogP contribution in [0.4, 0.5) is 0 Å². The Bertz CT molecular complexity index is 1330. The van der Waals surface area contributed by atoms with Crippen molar-refractivity contribution in [2.24, 2.45) is 7.05 Å². The molecule has 122 valence electrons. The first-order chi connectivity index (χ1) is 12.1. The van der Waals surface area contributed by atoms with Gasteiger partial charge in [-0.3, -0.25) is 9.36 Å².